The van der Waals surface area contributed by atoms with Crippen LogP contribution in [-0.4, -0.2) is 5.84 Å². The lowest BCUT2D eigenvalue weighted by atomic mass is 10.5. The summed E-state index contributed by atoms with van der Waals surface area (Å²) in [5.74, 6) is 0.109. The number of rotatable bonds is 1. The van der Waals surface area contributed by atoms with Crippen molar-refractivity contribution in [3.05, 3.63) is 12.2 Å². The van der Waals surface area contributed by atoms with Crippen molar-refractivity contribution in [2.45, 2.75) is 6.92 Å². The maximum absolute atomic E-state index is 6.59. The Balaban J connectivity index is 3.30. The molecule has 0 aromatic heterocycles. The lowest BCUT2D eigenvalue weighted by Gasteiger charge is -1.75. The summed E-state index contributed by atoms with van der Waals surface area (Å²) in [6, 6.07) is 0. The van der Waals surface area contributed by atoms with Gasteiger partial charge in [-0.3, -0.25) is 5.41 Å². The van der Waals surface area contributed by atoms with Crippen LogP contribution in [0, 0.1) is 5.41 Å². The minimum absolute atomic E-state index is 0.109. The molecule has 0 aromatic rings. The van der Waals surface area contributed by atoms with Crippen LogP contribution in [0.3, 0.4) is 0 Å². The van der Waals surface area contributed by atoms with Crippen LogP contribution in [0.25, 0.3) is 0 Å². The minimum Gasteiger partial charge on any atom is -0.384 e. The first-order chi connectivity index (χ1) is 2.77. The van der Waals surface area contributed by atoms with E-state index in [1.54, 1.807) is 6.08 Å². The van der Waals surface area contributed by atoms with E-state index in [4.69, 9.17) is 11.1 Å². The minimum atomic E-state index is 0.109. The average molecular weight is 84.1 g/mol. The second-order valence-corrected chi connectivity index (χ2v) is 0.955. The molecule has 0 aliphatic rings. The van der Waals surface area contributed by atoms with Crippen molar-refractivity contribution in [2.75, 3.05) is 0 Å². The van der Waals surface area contributed by atoms with Gasteiger partial charge in [0.15, 0.2) is 0 Å². The Morgan fingerprint density at radius 3 is 2.33 bits per heavy atom. The maximum Gasteiger partial charge on any atom is 0.114 e. The van der Waals surface area contributed by atoms with E-state index in [9.17, 15) is 0 Å². The van der Waals surface area contributed by atoms with Gasteiger partial charge in [-0.2, -0.15) is 0 Å². The quantitative estimate of drug-likeness (QED) is 0.352. The number of nitrogens with two attached hydrogens (primary N) is 1. The lowest BCUT2D eigenvalue weighted by Crippen LogP contribution is -2.03. The van der Waals surface area contributed by atoms with Crippen LogP contribution in [0.5, 0.6) is 0 Å². The Morgan fingerprint density at radius 1 is 1.83 bits per heavy atom. The molecule has 0 radical (unpaired) electrons. The van der Waals surface area contributed by atoms with Gasteiger partial charge in [0.1, 0.15) is 5.84 Å². The number of hydrogen-bond acceptors (Lipinski definition) is 1. The number of allylic oxidation sites excluding steroid dienone is 1. The largest absolute Gasteiger partial charge is 0.384 e. The Kier molecular flexibility index (Phi) is 2.13. The molecule has 0 amide bonds. The Morgan fingerprint density at radius 2 is 2.33 bits per heavy atom. The lowest BCUT2D eigenvalue weighted by molar-refractivity contribution is 1.46. The summed E-state index contributed by atoms with van der Waals surface area (Å²) in [6.07, 6.45) is 3.25. The van der Waals surface area contributed by atoms with Gasteiger partial charge < -0.3 is 5.73 Å². The van der Waals surface area contributed by atoms with Gasteiger partial charge in [-0.15, -0.1) is 0 Å². The molecule has 0 aliphatic heterocycles. The van der Waals surface area contributed by atoms with Crippen molar-refractivity contribution in [3.63, 3.8) is 0 Å². The van der Waals surface area contributed by atoms with Crippen LogP contribution in [0.1, 0.15) is 6.92 Å². The van der Waals surface area contributed by atoms with Gasteiger partial charge >= 0.3 is 0 Å². The first-order valence-electron chi connectivity index (χ1n) is 1.74. The summed E-state index contributed by atoms with van der Waals surface area (Å²) in [5.41, 5.74) is 4.90. The highest BCUT2D eigenvalue weighted by Crippen LogP contribution is 1.62. The SMILES string of the molecule is CC=CC(=N)N. The molecule has 0 heterocycles. The predicted octanol–water partition coefficient (Wildman–Crippen LogP) is 0.498. The van der Waals surface area contributed by atoms with Gasteiger partial charge in [0, 0.05) is 0 Å². The van der Waals surface area contributed by atoms with E-state index < -0.39 is 0 Å². The molecule has 3 N–H and O–H groups in total. The fourth-order valence-electron chi connectivity index (χ4n) is 0.180. The molecule has 2 heteroatoms. The van der Waals surface area contributed by atoms with E-state index in [1.807, 2.05) is 6.92 Å². The topological polar surface area (TPSA) is 49.9 Å². The molecule has 0 atom stereocenters. The van der Waals surface area contributed by atoms with Gasteiger partial charge in [0.2, 0.25) is 0 Å². The Labute approximate surface area is 37.2 Å². The van der Waals surface area contributed by atoms with Crippen molar-refractivity contribution in [2.24, 2.45) is 5.73 Å². The van der Waals surface area contributed by atoms with E-state index in [1.165, 1.54) is 6.08 Å². The second-order valence-electron chi connectivity index (χ2n) is 0.955. The molecule has 0 aromatic carbocycles. The van der Waals surface area contributed by atoms with Gasteiger partial charge in [-0.25, -0.2) is 0 Å². The molecule has 6 heavy (non-hydrogen) atoms. The van der Waals surface area contributed by atoms with Crippen molar-refractivity contribution in [3.8, 4) is 0 Å². The molecule has 34 valence electrons. The summed E-state index contributed by atoms with van der Waals surface area (Å²) in [6.45, 7) is 1.82. The molecule has 0 saturated heterocycles. The number of amidine groups is 1. The smallest absolute Gasteiger partial charge is 0.114 e. The fourth-order valence-corrected chi connectivity index (χ4v) is 0.180. The summed E-state index contributed by atoms with van der Waals surface area (Å²) in [7, 11) is 0. The normalized spacial score (nSPS) is 9.50. The van der Waals surface area contributed by atoms with Crippen LogP contribution in [-0.2, 0) is 0 Å². The third-order valence-corrected chi connectivity index (χ3v) is 0.346. The van der Waals surface area contributed by atoms with Crippen LogP contribution < -0.4 is 5.73 Å². The van der Waals surface area contributed by atoms with Crippen LogP contribution in [0.15, 0.2) is 12.2 Å². The fraction of sp³-hybridized carbons (Fsp3) is 0.250. The van der Waals surface area contributed by atoms with Crippen LogP contribution in [0.4, 0.5) is 0 Å². The zero-order valence-electron chi connectivity index (χ0n) is 3.73. The molecule has 0 unspecified atom stereocenters. The zero-order chi connectivity index (χ0) is 4.99. The van der Waals surface area contributed by atoms with Gasteiger partial charge in [-0.05, 0) is 13.0 Å². The first-order valence-corrected chi connectivity index (χ1v) is 1.74. The first kappa shape index (κ1) is 5.21. The van der Waals surface area contributed by atoms with Crippen molar-refractivity contribution in [1.29, 1.82) is 5.41 Å². The van der Waals surface area contributed by atoms with Crippen molar-refractivity contribution >= 4 is 5.84 Å². The van der Waals surface area contributed by atoms with E-state index in [2.05, 4.69) is 0 Å². The third kappa shape index (κ3) is 3.21. The second kappa shape index (κ2) is 2.45. The van der Waals surface area contributed by atoms with Crippen LogP contribution in [0.2, 0.25) is 0 Å². The van der Waals surface area contributed by atoms with Gasteiger partial charge in [-0.1, -0.05) is 6.08 Å². The average Bonchev–Trinajstić information content (AvgIpc) is 1.35. The van der Waals surface area contributed by atoms with E-state index in [-0.39, 0.29) is 5.84 Å². The molecule has 0 rings (SSSR count). The molecule has 0 spiro atoms. The molecule has 0 aliphatic carbocycles. The van der Waals surface area contributed by atoms with E-state index in [0.717, 1.165) is 0 Å². The Hall–Kier alpha value is -0.790. The molecule has 0 saturated carbocycles. The van der Waals surface area contributed by atoms with Gasteiger partial charge in [0.05, 0.1) is 0 Å². The molecular weight excluding hydrogens is 76.1 g/mol. The van der Waals surface area contributed by atoms with E-state index >= 15 is 0 Å². The number of nitrogens with one attached hydrogen (secondary N) is 1. The van der Waals surface area contributed by atoms with Crippen LogP contribution >= 0.6 is 0 Å². The Bertz CT molecular complexity index is 73.6. The number of hydrogen-bond donors (Lipinski definition) is 2. The highest BCUT2D eigenvalue weighted by molar-refractivity contribution is 5.88. The third-order valence-electron chi connectivity index (χ3n) is 0.346. The summed E-state index contributed by atoms with van der Waals surface area (Å²) >= 11 is 0. The molecule has 2 nitrogen and oxygen atoms in total. The zero-order valence-corrected chi connectivity index (χ0v) is 3.73. The monoisotopic (exact) mass is 84.1 g/mol. The summed E-state index contributed by atoms with van der Waals surface area (Å²) in [4.78, 5) is 0. The van der Waals surface area contributed by atoms with Gasteiger partial charge in [0.25, 0.3) is 0 Å². The van der Waals surface area contributed by atoms with Crippen molar-refractivity contribution in [1.82, 2.24) is 0 Å². The highest BCUT2D eigenvalue weighted by atomic mass is 14.7. The maximum atomic E-state index is 6.59. The highest BCUT2D eigenvalue weighted by Gasteiger charge is 1.66. The summed E-state index contributed by atoms with van der Waals surface area (Å²) in [5, 5.41) is 6.59. The molecule has 0 bridgehead atoms. The summed E-state index contributed by atoms with van der Waals surface area (Å²) < 4.78 is 0. The standard InChI is InChI=1S/C4H8N2/c1-2-3-4(5)6/h2-3H,1H3,(H3,5,6). The van der Waals surface area contributed by atoms with Crippen molar-refractivity contribution < 1.29 is 0 Å². The predicted molar refractivity (Wildman–Crippen MR) is 26.7 cm³/mol. The van der Waals surface area contributed by atoms with E-state index in [0.29, 0.717) is 0 Å². The molecular formula is C4H8N2. The molecule has 0 fully saturated rings.